The monoisotopic (exact) mass is 336 g/mol. The van der Waals surface area contributed by atoms with Crippen LogP contribution < -0.4 is 10.0 Å². The molecule has 0 saturated heterocycles. The third-order valence-electron chi connectivity index (χ3n) is 2.59. The Bertz CT molecular complexity index is 500. The van der Waals surface area contributed by atoms with Crippen LogP contribution in [0.4, 0.5) is 0 Å². The Balaban J connectivity index is 2.40. The summed E-state index contributed by atoms with van der Waals surface area (Å²) in [7, 11) is -1.86. The number of ether oxygens (including phenoxy) is 2. The van der Waals surface area contributed by atoms with E-state index in [9.17, 15) is 8.42 Å². The molecule has 1 rings (SSSR count). The lowest BCUT2D eigenvalue weighted by atomic mass is 10.4. The Morgan fingerprint density at radius 1 is 1.29 bits per heavy atom. The van der Waals surface area contributed by atoms with Crippen LogP contribution >= 0.6 is 11.3 Å². The van der Waals surface area contributed by atoms with Crippen molar-refractivity contribution >= 4 is 21.4 Å². The Morgan fingerprint density at radius 3 is 2.71 bits per heavy atom. The first-order valence-corrected chi connectivity index (χ1v) is 9.19. The highest BCUT2D eigenvalue weighted by molar-refractivity contribution is 7.89. The zero-order chi connectivity index (χ0) is 15.7. The van der Waals surface area contributed by atoms with Crippen molar-refractivity contribution in [3.05, 3.63) is 16.3 Å². The van der Waals surface area contributed by atoms with E-state index in [1.807, 2.05) is 0 Å². The lowest BCUT2D eigenvalue weighted by molar-refractivity contribution is 0.0736. The molecule has 0 aliphatic rings. The third-order valence-corrected chi connectivity index (χ3v) is 5.12. The standard InChI is InChI=1S/C13H24N2O4S2/c1-11(2)14-9-12-8-13(10-20-12)21(16,17)15-4-5-19-7-6-18-3/h8,10-11,14-15H,4-7,9H2,1-3H3. The van der Waals surface area contributed by atoms with Crippen LogP contribution in [0.5, 0.6) is 0 Å². The van der Waals surface area contributed by atoms with E-state index in [1.165, 1.54) is 11.3 Å². The highest BCUT2D eigenvalue weighted by atomic mass is 32.2. The molecule has 0 aromatic carbocycles. The summed E-state index contributed by atoms with van der Waals surface area (Å²) in [6.07, 6.45) is 0. The molecule has 0 spiro atoms. The number of hydrogen-bond donors (Lipinski definition) is 2. The first-order valence-electron chi connectivity index (χ1n) is 6.83. The molecular weight excluding hydrogens is 312 g/mol. The minimum absolute atomic E-state index is 0.251. The van der Waals surface area contributed by atoms with Crippen molar-refractivity contribution in [1.82, 2.24) is 10.0 Å². The van der Waals surface area contributed by atoms with Crippen molar-refractivity contribution in [3.8, 4) is 0 Å². The van der Waals surface area contributed by atoms with Crippen LogP contribution in [-0.2, 0) is 26.0 Å². The number of nitrogens with one attached hydrogen (secondary N) is 2. The van der Waals surface area contributed by atoms with Crippen LogP contribution in [0.3, 0.4) is 0 Å². The third kappa shape index (κ3) is 7.35. The van der Waals surface area contributed by atoms with Crippen LogP contribution in [0.15, 0.2) is 16.3 Å². The Hall–Kier alpha value is -0.510. The molecule has 8 heteroatoms. The van der Waals surface area contributed by atoms with Crippen molar-refractivity contribution in [2.75, 3.05) is 33.5 Å². The fraction of sp³-hybridized carbons (Fsp3) is 0.692. The number of rotatable bonds is 11. The summed E-state index contributed by atoms with van der Waals surface area (Å²) in [5.41, 5.74) is 0. The predicted molar refractivity (Wildman–Crippen MR) is 84.2 cm³/mol. The first kappa shape index (κ1) is 18.5. The molecular formula is C13H24N2O4S2. The summed E-state index contributed by atoms with van der Waals surface area (Å²) >= 11 is 1.44. The molecule has 0 amide bonds. The second kappa shape index (κ2) is 9.50. The molecule has 6 nitrogen and oxygen atoms in total. The fourth-order valence-electron chi connectivity index (χ4n) is 1.47. The van der Waals surface area contributed by atoms with Crippen LogP contribution in [-0.4, -0.2) is 47.9 Å². The van der Waals surface area contributed by atoms with Gasteiger partial charge in [0.15, 0.2) is 0 Å². The van der Waals surface area contributed by atoms with E-state index in [4.69, 9.17) is 9.47 Å². The number of thiophene rings is 1. The van der Waals surface area contributed by atoms with Gasteiger partial charge in [0.2, 0.25) is 10.0 Å². The minimum Gasteiger partial charge on any atom is -0.382 e. The number of methoxy groups -OCH3 is 1. The van der Waals surface area contributed by atoms with Gasteiger partial charge >= 0.3 is 0 Å². The number of sulfonamides is 1. The molecule has 1 aromatic rings. The molecule has 1 aromatic heterocycles. The van der Waals surface area contributed by atoms with Gasteiger partial charge in [0.1, 0.15) is 0 Å². The quantitative estimate of drug-likeness (QED) is 0.594. The van der Waals surface area contributed by atoms with Crippen molar-refractivity contribution in [3.63, 3.8) is 0 Å². The van der Waals surface area contributed by atoms with Gasteiger partial charge in [0, 0.05) is 36.5 Å². The van der Waals surface area contributed by atoms with Gasteiger partial charge in [-0.25, -0.2) is 13.1 Å². The molecule has 2 N–H and O–H groups in total. The highest BCUT2D eigenvalue weighted by Gasteiger charge is 2.15. The van der Waals surface area contributed by atoms with Gasteiger partial charge in [-0.05, 0) is 6.07 Å². The largest absolute Gasteiger partial charge is 0.382 e. The molecule has 0 atom stereocenters. The molecule has 0 fully saturated rings. The maximum atomic E-state index is 12.1. The molecule has 0 saturated carbocycles. The topological polar surface area (TPSA) is 76.7 Å². The fourth-order valence-corrected chi connectivity index (χ4v) is 3.71. The van der Waals surface area contributed by atoms with E-state index in [0.717, 1.165) is 4.88 Å². The van der Waals surface area contributed by atoms with E-state index in [-0.39, 0.29) is 6.54 Å². The summed E-state index contributed by atoms with van der Waals surface area (Å²) in [4.78, 5) is 1.31. The number of hydrogen-bond acceptors (Lipinski definition) is 6. The maximum Gasteiger partial charge on any atom is 0.241 e. The predicted octanol–water partition coefficient (Wildman–Crippen LogP) is 1.19. The summed E-state index contributed by atoms with van der Waals surface area (Å²) < 4.78 is 36.7. The van der Waals surface area contributed by atoms with Crippen LogP contribution in [0, 0.1) is 0 Å². The van der Waals surface area contributed by atoms with Gasteiger partial charge in [0.25, 0.3) is 0 Å². The Kier molecular flexibility index (Phi) is 8.38. The SMILES string of the molecule is COCCOCCNS(=O)(=O)c1csc(CNC(C)C)c1. The first-order chi connectivity index (χ1) is 9.95. The average molecular weight is 336 g/mol. The van der Waals surface area contributed by atoms with E-state index < -0.39 is 10.0 Å². The maximum absolute atomic E-state index is 12.1. The summed E-state index contributed by atoms with van der Waals surface area (Å²) in [5, 5.41) is 4.92. The van der Waals surface area contributed by atoms with Crippen molar-refractivity contribution < 1.29 is 17.9 Å². The van der Waals surface area contributed by atoms with E-state index in [0.29, 0.717) is 37.3 Å². The van der Waals surface area contributed by atoms with Crippen molar-refractivity contribution in [2.24, 2.45) is 0 Å². The molecule has 0 aliphatic heterocycles. The lowest BCUT2D eigenvalue weighted by Crippen LogP contribution is -2.27. The van der Waals surface area contributed by atoms with Crippen molar-refractivity contribution in [1.29, 1.82) is 0 Å². The molecule has 122 valence electrons. The van der Waals surface area contributed by atoms with Gasteiger partial charge in [-0.1, -0.05) is 13.8 Å². The summed E-state index contributed by atoms with van der Waals surface area (Å²) in [5.74, 6) is 0. The van der Waals surface area contributed by atoms with E-state index in [2.05, 4.69) is 23.9 Å². The molecule has 0 radical (unpaired) electrons. The minimum atomic E-state index is -3.45. The van der Waals surface area contributed by atoms with E-state index >= 15 is 0 Å². The molecule has 0 bridgehead atoms. The van der Waals surface area contributed by atoms with Crippen LogP contribution in [0.25, 0.3) is 0 Å². The molecule has 0 unspecified atom stereocenters. The average Bonchev–Trinajstić information content (AvgIpc) is 2.90. The molecule has 1 heterocycles. The lowest BCUT2D eigenvalue weighted by Gasteiger charge is -2.06. The second-order valence-corrected chi connectivity index (χ2v) is 7.55. The van der Waals surface area contributed by atoms with Gasteiger partial charge in [-0.2, -0.15) is 0 Å². The van der Waals surface area contributed by atoms with Gasteiger partial charge in [-0.15, -0.1) is 11.3 Å². The zero-order valence-electron chi connectivity index (χ0n) is 12.7. The molecule has 21 heavy (non-hydrogen) atoms. The molecule has 0 aliphatic carbocycles. The van der Waals surface area contributed by atoms with Crippen molar-refractivity contribution in [2.45, 2.75) is 31.3 Å². The van der Waals surface area contributed by atoms with Crippen LogP contribution in [0.2, 0.25) is 0 Å². The zero-order valence-corrected chi connectivity index (χ0v) is 14.4. The Morgan fingerprint density at radius 2 is 2.05 bits per heavy atom. The Labute approximate surface area is 130 Å². The summed E-state index contributed by atoms with van der Waals surface area (Å²) in [6, 6.07) is 2.07. The normalized spacial score (nSPS) is 12.2. The van der Waals surface area contributed by atoms with Gasteiger partial charge < -0.3 is 14.8 Å². The van der Waals surface area contributed by atoms with Gasteiger partial charge in [-0.3, -0.25) is 0 Å². The van der Waals surface area contributed by atoms with E-state index in [1.54, 1.807) is 18.6 Å². The summed E-state index contributed by atoms with van der Waals surface area (Å²) in [6.45, 7) is 6.33. The van der Waals surface area contributed by atoms with Crippen LogP contribution in [0.1, 0.15) is 18.7 Å². The smallest absolute Gasteiger partial charge is 0.241 e. The second-order valence-electron chi connectivity index (χ2n) is 4.79. The van der Waals surface area contributed by atoms with Gasteiger partial charge in [0.05, 0.1) is 24.7 Å². The highest BCUT2D eigenvalue weighted by Crippen LogP contribution is 2.19.